The van der Waals surface area contributed by atoms with Crippen LogP contribution >= 0.6 is 0 Å². The predicted molar refractivity (Wildman–Crippen MR) is 51.0 cm³/mol. The summed E-state index contributed by atoms with van der Waals surface area (Å²) in [6.45, 7) is 3.76. The topological polar surface area (TPSA) is 52.6 Å². The fraction of sp³-hybridized carbons (Fsp3) is 0.400. The van der Waals surface area contributed by atoms with Crippen molar-refractivity contribution in [2.24, 2.45) is 0 Å². The average Bonchev–Trinajstić information content (AvgIpc) is 2.18. The zero-order valence-corrected chi connectivity index (χ0v) is 8.36. The number of hydrogen-bond donors (Lipinski definition) is 0. The smallest absolute Gasteiger partial charge is 0.422 e. The van der Waals surface area contributed by atoms with E-state index in [-0.39, 0.29) is 0 Å². The highest BCUT2D eigenvalue weighted by Crippen LogP contribution is 1.89. The average molecular weight is 198 g/mol. The lowest BCUT2D eigenvalue weighted by Gasteiger charge is -1.96. The third-order valence-corrected chi connectivity index (χ3v) is 1.18. The lowest BCUT2D eigenvalue weighted by atomic mass is 10.5. The molecule has 0 spiro atoms. The summed E-state index contributed by atoms with van der Waals surface area (Å²) in [6, 6.07) is 0. The van der Waals surface area contributed by atoms with E-state index in [0.29, 0.717) is 0 Å². The lowest BCUT2D eigenvalue weighted by molar-refractivity contribution is -0.160. The van der Waals surface area contributed by atoms with Gasteiger partial charge in [-0.2, -0.15) is 0 Å². The predicted octanol–water partition coefficient (Wildman–Crippen LogP) is 1.92. The van der Waals surface area contributed by atoms with Crippen LogP contribution in [0.5, 0.6) is 0 Å². The van der Waals surface area contributed by atoms with Gasteiger partial charge in [0, 0.05) is 0 Å². The monoisotopic (exact) mass is 198 g/mol. The maximum Gasteiger partial charge on any atom is 0.422 e. The van der Waals surface area contributed by atoms with Gasteiger partial charge in [-0.05, 0) is 25.0 Å². The van der Waals surface area contributed by atoms with Crippen molar-refractivity contribution in [1.82, 2.24) is 0 Å². The molecule has 4 heteroatoms. The standard InChI is InChI=1S/C10H14O4/c1-3-5-7-13-9(11)10(12)14-8-6-4-2/h5-8H,3-4H2,1-2H3. The third-order valence-electron chi connectivity index (χ3n) is 1.18. The molecule has 0 aromatic carbocycles. The molecule has 0 aliphatic rings. The first-order chi connectivity index (χ1) is 6.72. The van der Waals surface area contributed by atoms with Gasteiger partial charge in [-0.15, -0.1) is 0 Å². The van der Waals surface area contributed by atoms with E-state index in [1.165, 1.54) is 12.5 Å². The van der Waals surface area contributed by atoms with Crippen LogP contribution in [0.1, 0.15) is 26.7 Å². The van der Waals surface area contributed by atoms with Crippen molar-refractivity contribution in [3.8, 4) is 0 Å². The molecule has 0 heterocycles. The van der Waals surface area contributed by atoms with Crippen LogP contribution < -0.4 is 0 Å². The zero-order chi connectivity index (χ0) is 10.8. The van der Waals surface area contributed by atoms with Crippen LogP contribution in [0.25, 0.3) is 0 Å². The van der Waals surface area contributed by atoms with Gasteiger partial charge >= 0.3 is 11.9 Å². The van der Waals surface area contributed by atoms with Crippen LogP contribution in [-0.4, -0.2) is 11.9 Å². The Morgan fingerprint density at radius 2 is 1.29 bits per heavy atom. The van der Waals surface area contributed by atoms with Gasteiger partial charge in [-0.3, -0.25) is 0 Å². The van der Waals surface area contributed by atoms with E-state index in [0.717, 1.165) is 12.8 Å². The Bertz CT molecular complexity index is 215. The summed E-state index contributed by atoms with van der Waals surface area (Å²) in [5.74, 6) is -2.04. The number of carbonyl (C=O) groups is 2. The van der Waals surface area contributed by atoms with Crippen molar-refractivity contribution < 1.29 is 19.1 Å². The zero-order valence-electron chi connectivity index (χ0n) is 8.36. The van der Waals surface area contributed by atoms with E-state index >= 15 is 0 Å². The lowest BCUT2D eigenvalue weighted by Crippen LogP contribution is -2.15. The maximum absolute atomic E-state index is 10.8. The molecular formula is C10H14O4. The summed E-state index contributed by atoms with van der Waals surface area (Å²) < 4.78 is 8.89. The second-order valence-corrected chi connectivity index (χ2v) is 2.37. The van der Waals surface area contributed by atoms with E-state index < -0.39 is 11.9 Å². The second kappa shape index (κ2) is 8.04. The molecule has 0 aliphatic heterocycles. The van der Waals surface area contributed by atoms with Crippen LogP contribution in [0.2, 0.25) is 0 Å². The Balaban J connectivity index is 3.82. The first-order valence-corrected chi connectivity index (χ1v) is 4.44. The number of hydrogen-bond acceptors (Lipinski definition) is 4. The van der Waals surface area contributed by atoms with Crippen molar-refractivity contribution in [2.75, 3.05) is 0 Å². The van der Waals surface area contributed by atoms with Crippen molar-refractivity contribution in [3.05, 3.63) is 24.7 Å². The number of carbonyl (C=O) groups excluding carboxylic acids is 2. The molecular weight excluding hydrogens is 184 g/mol. The van der Waals surface area contributed by atoms with Gasteiger partial charge in [0.25, 0.3) is 0 Å². The quantitative estimate of drug-likeness (QED) is 0.393. The van der Waals surface area contributed by atoms with Gasteiger partial charge in [-0.25, -0.2) is 9.59 Å². The van der Waals surface area contributed by atoms with Gasteiger partial charge in [0.2, 0.25) is 0 Å². The fourth-order valence-electron chi connectivity index (χ4n) is 0.508. The van der Waals surface area contributed by atoms with Crippen molar-refractivity contribution in [3.63, 3.8) is 0 Å². The highest BCUT2D eigenvalue weighted by molar-refractivity contribution is 6.30. The highest BCUT2D eigenvalue weighted by atomic mass is 16.6. The minimum atomic E-state index is -1.02. The first kappa shape index (κ1) is 12.4. The van der Waals surface area contributed by atoms with Crippen LogP contribution in [0.4, 0.5) is 0 Å². The van der Waals surface area contributed by atoms with Crippen molar-refractivity contribution >= 4 is 11.9 Å². The molecule has 0 N–H and O–H groups in total. The van der Waals surface area contributed by atoms with Crippen LogP contribution in [-0.2, 0) is 19.1 Å². The van der Waals surface area contributed by atoms with E-state index in [2.05, 4.69) is 9.47 Å². The van der Waals surface area contributed by atoms with E-state index in [9.17, 15) is 9.59 Å². The Hall–Kier alpha value is -1.58. The first-order valence-electron chi connectivity index (χ1n) is 4.44. The third kappa shape index (κ3) is 5.99. The van der Waals surface area contributed by atoms with Crippen molar-refractivity contribution in [1.29, 1.82) is 0 Å². The number of allylic oxidation sites excluding steroid dienone is 2. The van der Waals surface area contributed by atoms with Crippen LogP contribution in [0.15, 0.2) is 24.7 Å². The molecule has 14 heavy (non-hydrogen) atoms. The normalized spacial score (nSPS) is 10.7. The molecule has 0 bridgehead atoms. The molecule has 0 unspecified atom stereocenters. The van der Waals surface area contributed by atoms with E-state index in [1.54, 1.807) is 12.2 Å². The Morgan fingerprint density at radius 1 is 0.929 bits per heavy atom. The molecule has 0 atom stereocenters. The Morgan fingerprint density at radius 3 is 1.57 bits per heavy atom. The maximum atomic E-state index is 10.8. The second-order valence-electron chi connectivity index (χ2n) is 2.37. The summed E-state index contributed by atoms with van der Waals surface area (Å²) in [7, 11) is 0. The summed E-state index contributed by atoms with van der Waals surface area (Å²) >= 11 is 0. The minimum Gasteiger partial charge on any atom is -0.426 e. The molecule has 0 rings (SSSR count). The summed E-state index contributed by atoms with van der Waals surface area (Å²) in [4.78, 5) is 21.7. The Labute approximate surface area is 83.2 Å². The van der Waals surface area contributed by atoms with Crippen LogP contribution in [0.3, 0.4) is 0 Å². The molecule has 0 aromatic rings. The van der Waals surface area contributed by atoms with E-state index in [1.807, 2.05) is 13.8 Å². The van der Waals surface area contributed by atoms with Crippen molar-refractivity contribution in [2.45, 2.75) is 26.7 Å². The molecule has 78 valence electrons. The SMILES string of the molecule is CCC=COC(=O)C(=O)OC=CCC. The molecule has 4 nitrogen and oxygen atoms in total. The van der Waals surface area contributed by atoms with Gasteiger partial charge < -0.3 is 9.47 Å². The number of rotatable bonds is 4. The van der Waals surface area contributed by atoms with Gasteiger partial charge in [0.05, 0.1) is 12.5 Å². The van der Waals surface area contributed by atoms with Crippen LogP contribution in [0, 0.1) is 0 Å². The molecule has 0 saturated heterocycles. The highest BCUT2D eigenvalue weighted by Gasteiger charge is 2.14. The summed E-state index contributed by atoms with van der Waals surface area (Å²) in [5, 5.41) is 0. The van der Waals surface area contributed by atoms with E-state index in [4.69, 9.17) is 0 Å². The number of ether oxygens (including phenoxy) is 2. The molecule has 0 amide bonds. The number of esters is 2. The van der Waals surface area contributed by atoms with Gasteiger partial charge in [-0.1, -0.05) is 13.8 Å². The Kier molecular flexibility index (Phi) is 7.13. The molecule has 0 radical (unpaired) electrons. The van der Waals surface area contributed by atoms with Gasteiger partial charge in [0.1, 0.15) is 0 Å². The largest absolute Gasteiger partial charge is 0.426 e. The van der Waals surface area contributed by atoms with Gasteiger partial charge in [0.15, 0.2) is 0 Å². The molecule has 0 fully saturated rings. The summed E-state index contributed by atoms with van der Waals surface area (Å²) in [6.07, 6.45) is 7.05. The molecule has 0 saturated carbocycles. The molecule has 0 aliphatic carbocycles. The minimum absolute atomic E-state index is 0.734. The summed E-state index contributed by atoms with van der Waals surface area (Å²) in [5.41, 5.74) is 0. The molecule has 0 aromatic heterocycles. The fourth-order valence-corrected chi connectivity index (χ4v) is 0.508.